The Morgan fingerprint density at radius 3 is 2.71 bits per heavy atom. The highest BCUT2D eigenvalue weighted by atomic mass is 19.1. The first-order valence-electron chi connectivity index (χ1n) is 6.68. The van der Waals surface area contributed by atoms with Crippen molar-refractivity contribution in [2.24, 2.45) is 0 Å². The average Bonchev–Trinajstić information content (AvgIpc) is 2.47. The smallest absolute Gasteiger partial charge is 0.275 e. The lowest BCUT2D eigenvalue weighted by atomic mass is 10.1. The fourth-order valence-electron chi connectivity index (χ4n) is 1.87. The van der Waals surface area contributed by atoms with Crippen molar-refractivity contribution in [3.8, 4) is 11.3 Å². The first kappa shape index (κ1) is 14.9. The Hall–Kier alpha value is -2.50. The summed E-state index contributed by atoms with van der Waals surface area (Å²) in [7, 11) is 0. The van der Waals surface area contributed by atoms with E-state index in [9.17, 15) is 14.5 Å². The summed E-state index contributed by atoms with van der Waals surface area (Å²) in [5, 5.41) is 14.0. The van der Waals surface area contributed by atoms with E-state index in [1.165, 1.54) is 18.2 Å². The first-order chi connectivity index (χ1) is 10.0. The molecule has 21 heavy (non-hydrogen) atoms. The van der Waals surface area contributed by atoms with E-state index in [4.69, 9.17) is 0 Å². The fraction of sp³-hybridized carbons (Fsp3) is 0.267. The average molecular weight is 289 g/mol. The number of hydrogen-bond donors (Lipinski definition) is 1. The number of anilines is 1. The summed E-state index contributed by atoms with van der Waals surface area (Å²) in [5.41, 5.74) is 1.34. The van der Waals surface area contributed by atoms with E-state index in [1.807, 2.05) is 6.92 Å². The Morgan fingerprint density at radius 2 is 2.10 bits per heavy atom. The predicted molar refractivity (Wildman–Crippen MR) is 79.8 cm³/mol. The molecule has 2 aromatic rings. The quantitative estimate of drug-likeness (QED) is 0.669. The summed E-state index contributed by atoms with van der Waals surface area (Å²) >= 11 is 0. The van der Waals surface area contributed by atoms with Crippen molar-refractivity contribution < 1.29 is 9.31 Å². The van der Waals surface area contributed by atoms with Gasteiger partial charge in [-0.1, -0.05) is 19.1 Å². The summed E-state index contributed by atoms with van der Waals surface area (Å²) in [6.07, 6.45) is 0.874. The van der Waals surface area contributed by atoms with Crippen molar-refractivity contribution in [2.75, 3.05) is 11.9 Å². The number of halogens is 1. The Balaban J connectivity index is 2.48. The van der Waals surface area contributed by atoms with E-state index in [-0.39, 0.29) is 11.5 Å². The molecule has 2 rings (SSSR count). The zero-order chi connectivity index (χ0) is 15.4. The van der Waals surface area contributed by atoms with Crippen LogP contribution in [-0.4, -0.2) is 16.5 Å². The van der Waals surface area contributed by atoms with Crippen LogP contribution in [0, 0.1) is 22.9 Å². The minimum absolute atomic E-state index is 0.0698. The number of nitrogens with zero attached hydrogens (tertiary/aromatic N) is 2. The third-order valence-corrected chi connectivity index (χ3v) is 3.04. The molecular weight excluding hydrogens is 273 g/mol. The first-order valence-corrected chi connectivity index (χ1v) is 6.68. The van der Waals surface area contributed by atoms with Crippen LogP contribution in [0.4, 0.5) is 15.9 Å². The van der Waals surface area contributed by atoms with Gasteiger partial charge in [0.05, 0.1) is 16.7 Å². The van der Waals surface area contributed by atoms with Gasteiger partial charge in [0.1, 0.15) is 11.6 Å². The van der Waals surface area contributed by atoms with Gasteiger partial charge in [-0.05, 0) is 25.0 Å². The molecule has 0 unspecified atom stereocenters. The zero-order valence-corrected chi connectivity index (χ0v) is 11.9. The largest absolute Gasteiger partial charge is 0.370 e. The zero-order valence-electron chi connectivity index (χ0n) is 11.9. The molecule has 0 aliphatic rings. The fourth-order valence-corrected chi connectivity index (χ4v) is 1.87. The van der Waals surface area contributed by atoms with Crippen molar-refractivity contribution >= 4 is 11.5 Å². The highest BCUT2D eigenvalue weighted by Crippen LogP contribution is 2.26. The third kappa shape index (κ3) is 3.53. The monoisotopic (exact) mass is 289 g/mol. The molecule has 0 radical (unpaired) electrons. The standard InChI is InChI=1S/C15H16FN3O2/c1-3-6-17-15-9-12(19(20)21)8-14(18-15)11-5-4-10(2)13(16)7-11/h4-5,7-9H,3,6H2,1-2H3,(H,17,18). The maximum atomic E-state index is 13.6. The molecule has 5 nitrogen and oxygen atoms in total. The van der Waals surface area contributed by atoms with Gasteiger partial charge in [0, 0.05) is 18.2 Å². The Labute approximate surface area is 122 Å². The van der Waals surface area contributed by atoms with Gasteiger partial charge in [0.25, 0.3) is 5.69 Å². The Bertz CT molecular complexity index is 674. The molecule has 1 heterocycles. The molecule has 0 aliphatic heterocycles. The van der Waals surface area contributed by atoms with Crippen molar-refractivity contribution in [1.82, 2.24) is 4.98 Å². The molecule has 0 fully saturated rings. The lowest BCUT2D eigenvalue weighted by Gasteiger charge is -2.08. The van der Waals surface area contributed by atoms with E-state index < -0.39 is 4.92 Å². The van der Waals surface area contributed by atoms with Gasteiger partial charge in [-0.3, -0.25) is 10.1 Å². The third-order valence-electron chi connectivity index (χ3n) is 3.04. The minimum Gasteiger partial charge on any atom is -0.370 e. The van der Waals surface area contributed by atoms with Crippen LogP contribution in [0.2, 0.25) is 0 Å². The second kappa shape index (κ2) is 6.30. The molecule has 0 spiro atoms. The van der Waals surface area contributed by atoms with Crippen LogP contribution < -0.4 is 5.32 Å². The lowest BCUT2D eigenvalue weighted by molar-refractivity contribution is -0.384. The number of benzene rings is 1. The molecule has 0 amide bonds. The molecule has 0 bridgehead atoms. The molecule has 110 valence electrons. The molecule has 0 aliphatic carbocycles. The maximum Gasteiger partial charge on any atom is 0.275 e. The second-order valence-corrected chi connectivity index (χ2v) is 4.74. The van der Waals surface area contributed by atoms with Gasteiger partial charge in [-0.2, -0.15) is 0 Å². The van der Waals surface area contributed by atoms with Crippen LogP contribution in [0.1, 0.15) is 18.9 Å². The molecule has 0 saturated carbocycles. The molecule has 1 aromatic heterocycles. The summed E-state index contributed by atoms with van der Waals surface area (Å²) < 4.78 is 13.6. The van der Waals surface area contributed by atoms with Crippen LogP contribution in [0.15, 0.2) is 30.3 Å². The van der Waals surface area contributed by atoms with Gasteiger partial charge >= 0.3 is 0 Å². The normalized spacial score (nSPS) is 10.4. The highest BCUT2D eigenvalue weighted by molar-refractivity contribution is 5.65. The second-order valence-electron chi connectivity index (χ2n) is 4.74. The van der Waals surface area contributed by atoms with Crippen LogP contribution in [0.5, 0.6) is 0 Å². The Kier molecular flexibility index (Phi) is 4.47. The lowest BCUT2D eigenvalue weighted by Crippen LogP contribution is -2.03. The number of nitro groups is 1. The van der Waals surface area contributed by atoms with Gasteiger partial charge in [0.15, 0.2) is 0 Å². The Morgan fingerprint density at radius 1 is 1.33 bits per heavy atom. The number of pyridine rings is 1. The van der Waals surface area contributed by atoms with E-state index in [0.717, 1.165) is 6.42 Å². The van der Waals surface area contributed by atoms with Crippen molar-refractivity contribution in [2.45, 2.75) is 20.3 Å². The molecule has 6 heteroatoms. The highest BCUT2D eigenvalue weighted by Gasteiger charge is 2.13. The van der Waals surface area contributed by atoms with Gasteiger partial charge in [-0.15, -0.1) is 0 Å². The van der Waals surface area contributed by atoms with E-state index in [0.29, 0.717) is 29.2 Å². The molecular formula is C15H16FN3O2. The number of nitrogens with one attached hydrogen (secondary N) is 1. The van der Waals surface area contributed by atoms with Crippen molar-refractivity contribution in [3.63, 3.8) is 0 Å². The van der Waals surface area contributed by atoms with Crippen LogP contribution >= 0.6 is 0 Å². The van der Waals surface area contributed by atoms with Crippen LogP contribution in [0.3, 0.4) is 0 Å². The molecule has 1 aromatic carbocycles. The number of aryl methyl sites for hydroxylation is 1. The number of hydrogen-bond acceptors (Lipinski definition) is 4. The van der Waals surface area contributed by atoms with E-state index in [2.05, 4.69) is 10.3 Å². The topological polar surface area (TPSA) is 68.1 Å². The van der Waals surface area contributed by atoms with Crippen LogP contribution in [-0.2, 0) is 0 Å². The molecule has 0 atom stereocenters. The summed E-state index contributed by atoms with van der Waals surface area (Å²) in [6, 6.07) is 7.40. The summed E-state index contributed by atoms with van der Waals surface area (Å²) in [4.78, 5) is 14.8. The number of aromatic nitrogens is 1. The van der Waals surface area contributed by atoms with Gasteiger partial charge in [-0.25, -0.2) is 9.37 Å². The molecule has 0 saturated heterocycles. The van der Waals surface area contributed by atoms with Crippen molar-refractivity contribution in [3.05, 3.63) is 51.8 Å². The van der Waals surface area contributed by atoms with E-state index in [1.54, 1.807) is 19.1 Å². The maximum absolute atomic E-state index is 13.6. The SMILES string of the molecule is CCCNc1cc([N+](=O)[O-])cc(-c2ccc(C)c(F)c2)n1. The minimum atomic E-state index is -0.479. The summed E-state index contributed by atoms with van der Waals surface area (Å²) in [6.45, 7) is 4.31. The van der Waals surface area contributed by atoms with Gasteiger partial charge < -0.3 is 5.32 Å². The predicted octanol–water partition coefficient (Wildman–Crippen LogP) is 3.93. The van der Waals surface area contributed by atoms with E-state index >= 15 is 0 Å². The van der Waals surface area contributed by atoms with Crippen LogP contribution in [0.25, 0.3) is 11.3 Å². The van der Waals surface area contributed by atoms with Crippen molar-refractivity contribution in [1.29, 1.82) is 0 Å². The summed E-state index contributed by atoms with van der Waals surface area (Å²) in [5.74, 6) is 0.0610. The van der Waals surface area contributed by atoms with Gasteiger partial charge in [0.2, 0.25) is 0 Å². The molecule has 1 N–H and O–H groups in total. The number of rotatable bonds is 5.